The lowest BCUT2D eigenvalue weighted by Gasteiger charge is -2.43. The highest BCUT2D eigenvalue weighted by atomic mass is 16.5. The number of morpholine rings is 1. The molecule has 2 saturated heterocycles. The number of likely N-dealkylation sites (tertiary alicyclic amines) is 1. The molecule has 1 spiro atoms. The van der Waals surface area contributed by atoms with Crippen LogP contribution >= 0.6 is 0 Å². The predicted molar refractivity (Wildman–Crippen MR) is 91.9 cm³/mol. The van der Waals surface area contributed by atoms with E-state index in [2.05, 4.69) is 10.3 Å². The lowest BCUT2D eigenvalue weighted by Crippen LogP contribution is -2.58. The number of rotatable bonds is 3. The molecule has 2 aliphatic rings. The van der Waals surface area contributed by atoms with Crippen molar-refractivity contribution in [2.24, 2.45) is 0 Å². The molecule has 4 rings (SSSR count). The molecule has 0 saturated carbocycles. The van der Waals surface area contributed by atoms with Gasteiger partial charge in [0.15, 0.2) is 0 Å². The Balaban J connectivity index is 1.31. The first-order valence-electron chi connectivity index (χ1n) is 8.74. The number of fused-ring (bicyclic) bond motifs is 1. The van der Waals surface area contributed by atoms with Gasteiger partial charge in [0.25, 0.3) is 0 Å². The molecule has 7 nitrogen and oxygen atoms in total. The Hall–Kier alpha value is -2.41. The summed E-state index contributed by atoms with van der Waals surface area (Å²) in [6.07, 6.45) is 3.80. The molecular weight excluding hydrogens is 320 g/mol. The number of carbonyl (C=O) groups is 2. The van der Waals surface area contributed by atoms with Gasteiger partial charge in [-0.25, -0.2) is 4.98 Å². The zero-order chi connectivity index (χ0) is 17.3. The zero-order valence-electron chi connectivity index (χ0n) is 14.1. The topological polar surface area (TPSA) is 76.5 Å². The first-order valence-corrected chi connectivity index (χ1v) is 8.74. The standard InChI is InChI=1S/C18H22N4O3/c23-16-11-25-18(12-19-16)6-9-21(10-7-18)17(24)5-8-22-13-20-14-3-1-2-4-15(14)22/h1-4,13H,5-12H2,(H,19,23). The molecule has 2 amide bonds. The summed E-state index contributed by atoms with van der Waals surface area (Å²) in [7, 11) is 0. The Kier molecular flexibility index (Phi) is 4.17. The maximum Gasteiger partial charge on any atom is 0.246 e. The summed E-state index contributed by atoms with van der Waals surface area (Å²) in [6.45, 7) is 2.67. The van der Waals surface area contributed by atoms with E-state index in [0.29, 0.717) is 32.6 Å². The smallest absolute Gasteiger partial charge is 0.246 e. The quantitative estimate of drug-likeness (QED) is 0.900. The fourth-order valence-electron chi connectivity index (χ4n) is 3.63. The molecule has 2 aromatic rings. The van der Waals surface area contributed by atoms with Crippen molar-refractivity contribution in [2.45, 2.75) is 31.4 Å². The van der Waals surface area contributed by atoms with E-state index in [0.717, 1.165) is 23.9 Å². The fraction of sp³-hybridized carbons (Fsp3) is 0.500. The predicted octanol–water partition coefficient (Wildman–Crippen LogP) is 0.934. The van der Waals surface area contributed by atoms with Crippen molar-refractivity contribution in [3.05, 3.63) is 30.6 Å². The Morgan fingerprint density at radius 2 is 2.08 bits per heavy atom. The molecule has 3 heterocycles. The summed E-state index contributed by atoms with van der Waals surface area (Å²) in [5, 5.41) is 2.87. The molecule has 1 N–H and O–H groups in total. The number of benzene rings is 1. The van der Waals surface area contributed by atoms with Gasteiger partial charge in [0.1, 0.15) is 6.61 Å². The summed E-state index contributed by atoms with van der Waals surface area (Å²) < 4.78 is 7.78. The minimum absolute atomic E-state index is 0.0586. The van der Waals surface area contributed by atoms with Crippen LogP contribution < -0.4 is 5.32 Å². The van der Waals surface area contributed by atoms with Crippen LogP contribution in [0.2, 0.25) is 0 Å². The van der Waals surface area contributed by atoms with E-state index in [9.17, 15) is 9.59 Å². The lowest BCUT2D eigenvalue weighted by atomic mass is 9.90. The number of nitrogens with one attached hydrogen (secondary N) is 1. The third-order valence-electron chi connectivity index (χ3n) is 5.24. The van der Waals surface area contributed by atoms with Crippen LogP contribution in [0.4, 0.5) is 0 Å². The second-order valence-corrected chi connectivity index (χ2v) is 6.81. The van der Waals surface area contributed by atoms with Crippen LogP contribution in [0, 0.1) is 0 Å². The first-order chi connectivity index (χ1) is 12.2. The number of hydrogen-bond acceptors (Lipinski definition) is 4. The normalized spacial score (nSPS) is 20.0. The van der Waals surface area contributed by atoms with Crippen LogP contribution in [0.15, 0.2) is 30.6 Å². The number of amides is 2. The second kappa shape index (κ2) is 6.48. The van der Waals surface area contributed by atoms with E-state index < -0.39 is 0 Å². The average molecular weight is 342 g/mol. The highest BCUT2D eigenvalue weighted by molar-refractivity contribution is 5.78. The Morgan fingerprint density at radius 1 is 1.28 bits per heavy atom. The van der Waals surface area contributed by atoms with Gasteiger partial charge in [-0.3, -0.25) is 9.59 Å². The van der Waals surface area contributed by atoms with Crippen LogP contribution in [0.1, 0.15) is 19.3 Å². The number of imidazole rings is 1. The lowest BCUT2D eigenvalue weighted by molar-refractivity contribution is -0.154. The molecule has 0 unspecified atom stereocenters. The monoisotopic (exact) mass is 342 g/mol. The third-order valence-corrected chi connectivity index (χ3v) is 5.24. The Morgan fingerprint density at radius 3 is 2.84 bits per heavy atom. The molecule has 132 valence electrons. The Bertz CT molecular complexity index is 780. The zero-order valence-corrected chi connectivity index (χ0v) is 14.1. The summed E-state index contributed by atoms with van der Waals surface area (Å²) >= 11 is 0. The van der Waals surface area contributed by atoms with Gasteiger partial charge < -0.3 is 19.5 Å². The molecule has 1 aromatic heterocycles. The number of hydrogen-bond donors (Lipinski definition) is 1. The molecule has 1 aromatic carbocycles. The van der Waals surface area contributed by atoms with Gasteiger partial charge in [0.05, 0.1) is 23.0 Å². The second-order valence-electron chi connectivity index (χ2n) is 6.81. The SMILES string of the molecule is O=C1COC2(CCN(C(=O)CCn3cnc4ccccc43)CC2)CN1. The van der Waals surface area contributed by atoms with E-state index in [1.807, 2.05) is 33.7 Å². The van der Waals surface area contributed by atoms with Gasteiger partial charge in [0, 0.05) is 32.6 Å². The molecule has 0 radical (unpaired) electrons. The van der Waals surface area contributed by atoms with Gasteiger partial charge in [-0.2, -0.15) is 0 Å². The molecule has 0 aliphatic carbocycles. The van der Waals surface area contributed by atoms with Crippen molar-refractivity contribution in [1.82, 2.24) is 19.8 Å². The summed E-state index contributed by atoms with van der Waals surface area (Å²) in [5.41, 5.74) is 1.72. The number of aryl methyl sites for hydroxylation is 1. The minimum atomic E-state index is -0.286. The van der Waals surface area contributed by atoms with Crippen LogP contribution in [-0.4, -0.2) is 58.1 Å². The van der Waals surface area contributed by atoms with E-state index in [4.69, 9.17) is 4.74 Å². The maximum atomic E-state index is 12.5. The van der Waals surface area contributed by atoms with Crippen LogP contribution in [0.25, 0.3) is 11.0 Å². The van der Waals surface area contributed by atoms with E-state index in [1.165, 1.54) is 0 Å². The number of ether oxygens (including phenoxy) is 1. The molecule has 25 heavy (non-hydrogen) atoms. The van der Waals surface area contributed by atoms with Crippen LogP contribution in [0.3, 0.4) is 0 Å². The van der Waals surface area contributed by atoms with Gasteiger partial charge in [-0.05, 0) is 25.0 Å². The van der Waals surface area contributed by atoms with Crippen LogP contribution in [0.5, 0.6) is 0 Å². The highest BCUT2D eigenvalue weighted by Gasteiger charge is 2.39. The van der Waals surface area contributed by atoms with Crippen molar-refractivity contribution in [2.75, 3.05) is 26.2 Å². The van der Waals surface area contributed by atoms with Gasteiger partial charge in [-0.1, -0.05) is 12.1 Å². The Labute approximate surface area is 146 Å². The fourth-order valence-corrected chi connectivity index (χ4v) is 3.63. The molecule has 0 atom stereocenters. The third kappa shape index (κ3) is 3.24. The van der Waals surface area contributed by atoms with Crippen molar-refractivity contribution < 1.29 is 14.3 Å². The summed E-state index contributed by atoms with van der Waals surface area (Å²) in [5.74, 6) is 0.101. The molecular formula is C18H22N4O3. The van der Waals surface area contributed by atoms with Crippen molar-refractivity contribution in [1.29, 1.82) is 0 Å². The summed E-state index contributed by atoms with van der Waals surface area (Å²) in [4.78, 5) is 30.0. The largest absolute Gasteiger partial charge is 0.363 e. The van der Waals surface area contributed by atoms with E-state index >= 15 is 0 Å². The van der Waals surface area contributed by atoms with Gasteiger partial charge in [0.2, 0.25) is 11.8 Å². The molecule has 2 aliphatic heterocycles. The number of para-hydroxylation sites is 2. The maximum absolute atomic E-state index is 12.5. The number of aromatic nitrogens is 2. The molecule has 0 bridgehead atoms. The average Bonchev–Trinajstić information content (AvgIpc) is 3.06. The molecule has 7 heteroatoms. The van der Waals surface area contributed by atoms with Gasteiger partial charge >= 0.3 is 0 Å². The minimum Gasteiger partial charge on any atom is -0.363 e. The number of piperidine rings is 1. The van der Waals surface area contributed by atoms with Crippen molar-refractivity contribution in [3.63, 3.8) is 0 Å². The number of carbonyl (C=O) groups excluding carboxylic acids is 2. The van der Waals surface area contributed by atoms with Crippen LogP contribution in [-0.2, 0) is 20.9 Å². The molecule has 2 fully saturated rings. The van der Waals surface area contributed by atoms with E-state index in [1.54, 1.807) is 6.33 Å². The first kappa shape index (κ1) is 16.1. The van der Waals surface area contributed by atoms with E-state index in [-0.39, 0.29) is 24.0 Å². The van der Waals surface area contributed by atoms with Gasteiger partial charge in [-0.15, -0.1) is 0 Å². The highest BCUT2D eigenvalue weighted by Crippen LogP contribution is 2.28. The van der Waals surface area contributed by atoms with Crippen molar-refractivity contribution >= 4 is 22.8 Å². The summed E-state index contributed by atoms with van der Waals surface area (Å²) in [6, 6.07) is 7.94. The van der Waals surface area contributed by atoms with Crippen molar-refractivity contribution in [3.8, 4) is 0 Å². The number of nitrogens with zero attached hydrogens (tertiary/aromatic N) is 3.